The number of nitrogens with zero attached hydrogens (tertiary/aromatic N) is 4. The molecule has 1 aromatic heterocycles. The number of benzene rings is 3. The monoisotopic (exact) mass is 602 g/mol. The summed E-state index contributed by atoms with van der Waals surface area (Å²) in [6.07, 6.45) is 16.9. The van der Waals surface area contributed by atoms with E-state index >= 15 is 0 Å². The molecule has 8 saturated carbocycles. The van der Waals surface area contributed by atoms with Gasteiger partial charge in [0, 0.05) is 16.7 Å². The van der Waals surface area contributed by atoms with Gasteiger partial charge in [-0.2, -0.15) is 5.26 Å². The number of hydrogen-bond donors (Lipinski definition) is 0. The summed E-state index contributed by atoms with van der Waals surface area (Å²) in [6, 6.07) is 28.0. The lowest BCUT2D eigenvalue weighted by molar-refractivity contribution is -0.00832. The molecule has 0 aliphatic heterocycles. The molecule has 4 nitrogen and oxygen atoms in total. The maximum atomic E-state index is 9.67. The molecule has 4 aromatic rings. The second-order valence-corrected chi connectivity index (χ2v) is 16.6. The molecule has 12 rings (SSSR count). The fraction of sp³-hybridized carbons (Fsp3) is 0.476. The predicted octanol–water partition coefficient (Wildman–Crippen LogP) is 9.68. The molecule has 4 heteroatoms. The quantitative estimate of drug-likeness (QED) is 0.228. The van der Waals surface area contributed by atoms with Gasteiger partial charge in [-0.25, -0.2) is 15.0 Å². The molecule has 0 atom stereocenters. The Morgan fingerprint density at radius 2 is 0.913 bits per heavy atom. The molecule has 8 fully saturated rings. The molecule has 230 valence electrons. The highest BCUT2D eigenvalue weighted by molar-refractivity contribution is 5.68. The van der Waals surface area contributed by atoms with Crippen LogP contribution in [0, 0.1) is 46.8 Å². The van der Waals surface area contributed by atoms with Gasteiger partial charge in [-0.3, -0.25) is 0 Å². The normalized spacial score (nSPS) is 34.9. The molecule has 3 aromatic carbocycles. The third-order valence-electron chi connectivity index (χ3n) is 13.4. The zero-order chi connectivity index (χ0) is 30.5. The standard InChI is InChI=1S/C42H42N4/c43-25-26-5-4-8-34(15-26)39-44-38(33-6-2-1-3-7-33)45-40(46-39)35-16-36(41-19-27-9-28(20-41)11-29(10-27)21-41)18-37(17-35)42-22-30-12-31(23-42)14-32(13-30)24-42/h1-8,15-18,27-32H,9-14,19-24H2. The topological polar surface area (TPSA) is 62.5 Å². The van der Waals surface area contributed by atoms with Crippen molar-refractivity contribution in [3.05, 3.63) is 89.5 Å². The highest BCUT2D eigenvalue weighted by atomic mass is 15.0. The first-order chi connectivity index (χ1) is 22.5. The molecule has 0 unspecified atom stereocenters. The van der Waals surface area contributed by atoms with E-state index in [1.165, 1.54) is 77.0 Å². The third kappa shape index (κ3) is 4.41. The number of hydrogen-bond acceptors (Lipinski definition) is 4. The maximum Gasteiger partial charge on any atom is 0.164 e. The minimum atomic E-state index is 0.307. The fourth-order valence-electron chi connectivity index (χ4n) is 12.4. The summed E-state index contributed by atoms with van der Waals surface area (Å²) < 4.78 is 0. The van der Waals surface area contributed by atoms with Crippen LogP contribution in [0.3, 0.4) is 0 Å². The zero-order valence-corrected chi connectivity index (χ0v) is 26.7. The van der Waals surface area contributed by atoms with Gasteiger partial charge in [0.2, 0.25) is 0 Å². The molecule has 8 aliphatic carbocycles. The largest absolute Gasteiger partial charge is 0.208 e. The van der Waals surface area contributed by atoms with Crippen LogP contribution in [-0.2, 0) is 10.8 Å². The van der Waals surface area contributed by atoms with Gasteiger partial charge in [-0.1, -0.05) is 48.5 Å². The molecular weight excluding hydrogens is 560 g/mol. The Morgan fingerprint density at radius 3 is 1.39 bits per heavy atom. The number of rotatable bonds is 5. The Bertz CT molecular complexity index is 1750. The lowest BCUT2D eigenvalue weighted by Crippen LogP contribution is -2.50. The Morgan fingerprint density at radius 1 is 0.478 bits per heavy atom. The first-order valence-electron chi connectivity index (χ1n) is 18.0. The van der Waals surface area contributed by atoms with Crippen LogP contribution in [0.4, 0.5) is 0 Å². The van der Waals surface area contributed by atoms with Crippen molar-refractivity contribution in [2.75, 3.05) is 0 Å². The van der Waals surface area contributed by atoms with E-state index in [0.717, 1.165) is 58.0 Å². The highest BCUT2D eigenvalue weighted by Gasteiger charge is 2.54. The Labute approximate surface area is 272 Å². The van der Waals surface area contributed by atoms with Crippen molar-refractivity contribution in [2.45, 2.75) is 87.9 Å². The van der Waals surface area contributed by atoms with E-state index in [2.05, 4.69) is 36.4 Å². The van der Waals surface area contributed by atoms with Gasteiger partial charge in [-0.05, 0) is 159 Å². The van der Waals surface area contributed by atoms with Crippen LogP contribution < -0.4 is 0 Å². The summed E-state index contributed by atoms with van der Waals surface area (Å²) in [5.74, 6) is 7.51. The SMILES string of the molecule is N#Cc1cccc(-c2nc(-c3ccccc3)nc(-c3cc(C45CC6CC(CC(C6)C4)C5)cc(C45CC6CC(CC(C6)C4)C5)c3)n2)c1. The summed E-state index contributed by atoms with van der Waals surface area (Å²) in [5.41, 5.74) is 7.42. The van der Waals surface area contributed by atoms with Crippen LogP contribution in [0.15, 0.2) is 72.8 Å². The van der Waals surface area contributed by atoms with Gasteiger partial charge in [0.25, 0.3) is 0 Å². The molecule has 1 heterocycles. The Hall–Kier alpha value is -3.84. The summed E-state index contributed by atoms with van der Waals surface area (Å²) >= 11 is 0. The second-order valence-electron chi connectivity index (χ2n) is 16.6. The molecular formula is C42H42N4. The molecule has 46 heavy (non-hydrogen) atoms. The maximum absolute atomic E-state index is 9.67. The molecule has 0 radical (unpaired) electrons. The van der Waals surface area contributed by atoms with Crippen molar-refractivity contribution in [3.63, 3.8) is 0 Å². The van der Waals surface area contributed by atoms with Crippen molar-refractivity contribution >= 4 is 0 Å². The summed E-state index contributed by atoms with van der Waals surface area (Å²) in [6.45, 7) is 0. The average molecular weight is 603 g/mol. The second kappa shape index (κ2) is 10.1. The van der Waals surface area contributed by atoms with Gasteiger partial charge in [0.1, 0.15) is 0 Å². The van der Waals surface area contributed by atoms with Gasteiger partial charge in [-0.15, -0.1) is 0 Å². The van der Waals surface area contributed by atoms with Crippen molar-refractivity contribution < 1.29 is 0 Å². The van der Waals surface area contributed by atoms with Crippen molar-refractivity contribution in [2.24, 2.45) is 35.5 Å². The van der Waals surface area contributed by atoms with E-state index in [1.807, 2.05) is 42.5 Å². The average Bonchev–Trinajstić information content (AvgIpc) is 3.07. The summed E-state index contributed by atoms with van der Waals surface area (Å²) in [5, 5.41) is 9.67. The zero-order valence-electron chi connectivity index (χ0n) is 26.7. The van der Waals surface area contributed by atoms with Crippen LogP contribution in [0.25, 0.3) is 34.2 Å². The van der Waals surface area contributed by atoms with Gasteiger partial charge >= 0.3 is 0 Å². The van der Waals surface area contributed by atoms with Gasteiger partial charge in [0.15, 0.2) is 17.5 Å². The van der Waals surface area contributed by atoms with E-state index in [9.17, 15) is 5.26 Å². The molecule has 0 amide bonds. The van der Waals surface area contributed by atoms with E-state index in [0.29, 0.717) is 28.0 Å². The van der Waals surface area contributed by atoms with E-state index in [-0.39, 0.29) is 0 Å². The predicted molar refractivity (Wildman–Crippen MR) is 181 cm³/mol. The third-order valence-corrected chi connectivity index (χ3v) is 13.4. The van der Waals surface area contributed by atoms with Crippen LogP contribution >= 0.6 is 0 Å². The van der Waals surface area contributed by atoms with Crippen molar-refractivity contribution in [1.29, 1.82) is 5.26 Å². The minimum absolute atomic E-state index is 0.307. The van der Waals surface area contributed by atoms with Gasteiger partial charge < -0.3 is 0 Å². The molecule has 0 spiro atoms. The summed E-state index contributed by atoms with van der Waals surface area (Å²) in [4.78, 5) is 15.4. The van der Waals surface area contributed by atoms with E-state index in [4.69, 9.17) is 15.0 Å². The van der Waals surface area contributed by atoms with Crippen LogP contribution in [0.1, 0.15) is 93.7 Å². The van der Waals surface area contributed by atoms with Crippen molar-refractivity contribution in [3.8, 4) is 40.2 Å². The smallest absolute Gasteiger partial charge is 0.164 e. The first kappa shape index (κ1) is 27.3. The molecule has 0 saturated heterocycles. The molecule has 8 aliphatic rings. The van der Waals surface area contributed by atoms with Gasteiger partial charge in [0.05, 0.1) is 11.6 Å². The van der Waals surface area contributed by atoms with Crippen LogP contribution in [0.5, 0.6) is 0 Å². The Kier molecular flexibility index (Phi) is 5.98. The van der Waals surface area contributed by atoms with Crippen LogP contribution in [0.2, 0.25) is 0 Å². The minimum Gasteiger partial charge on any atom is -0.208 e. The number of aromatic nitrogens is 3. The lowest BCUT2D eigenvalue weighted by atomic mass is 9.46. The number of nitriles is 1. The first-order valence-corrected chi connectivity index (χ1v) is 18.0. The van der Waals surface area contributed by atoms with Crippen molar-refractivity contribution in [1.82, 2.24) is 15.0 Å². The van der Waals surface area contributed by atoms with E-state index < -0.39 is 0 Å². The fourth-order valence-corrected chi connectivity index (χ4v) is 12.4. The molecule has 0 N–H and O–H groups in total. The Balaban J connectivity index is 1.17. The van der Waals surface area contributed by atoms with Crippen LogP contribution in [-0.4, -0.2) is 15.0 Å². The highest BCUT2D eigenvalue weighted by Crippen LogP contribution is 2.63. The lowest BCUT2D eigenvalue weighted by Gasteiger charge is -2.58. The van der Waals surface area contributed by atoms with E-state index in [1.54, 1.807) is 11.1 Å². The molecule has 8 bridgehead atoms. The summed E-state index contributed by atoms with van der Waals surface area (Å²) in [7, 11) is 0.